The van der Waals surface area contributed by atoms with Crippen molar-refractivity contribution >= 4 is 29.5 Å². The van der Waals surface area contributed by atoms with Crippen molar-refractivity contribution in [3.8, 4) is 0 Å². The van der Waals surface area contributed by atoms with Crippen LogP contribution in [0.5, 0.6) is 0 Å². The van der Waals surface area contributed by atoms with Gasteiger partial charge in [0.05, 0.1) is 6.04 Å². The molecule has 10 heteroatoms. The quantitative estimate of drug-likeness (QED) is 0.321. The molecule has 6 fully saturated rings. The lowest BCUT2D eigenvalue weighted by molar-refractivity contribution is -0.143. The summed E-state index contributed by atoms with van der Waals surface area (Å²) in [5, 5.41) is 9.04. The molecule has 0 aromatic carbocycles. The number of Topliss-reactive ketones (excluding diaryl/α,β-unsaturated/α-hetero) is 1. The summed E-state index contributed by atoms with van der Waals surface area (Å²) in [4.78, 5) is 66.4. The maximum absolute atomic E-state index is 13.9. The Morgan fingerprint density at radius 2 is 1.50 bits per heavy atom. The second-order valence-electron chi connectivity index (χ2n) is 14.6. The van der Waals surface area contributed by atoms with Crippen LogP contribution in [0.25, 0.3) is 0 Å². The Bertz CT molecular complexity index is 1010. The van der Waals surface area contributed by atoms with Crippen LogP contribution >= 0.6 is 0 Å². The molecule has 0 radical (unpaired) electrons. The first kappa shape index (κ1) is 28.9. The molecule has 0 aromatic heterocycles. The van der Waals surface area contributed by atoms with Gasteiger partial charge in [-0.1, -0.05) is 40.0 Å². The molecule has 1 heterocycles. The zero-order valence-electron chi connectivity index (χ0n) is 24.3. The van der Waals surface area contributed by atoms with Crippen molar-refractivity contribution in [2.75, 3.05) is 6.54 Å². The van der Waals surface area contributed by atoms with E-state index < -0.39 is 41.1 Å². The van der Waals surface area contributed by atoms with E-state index >= 15 is 0 Å². The lowest BCUT2D eigenvalue weighted by atomic mass is 9.53. The number of carbonyl (C=O) groups is 5. The maximum atomic E-state index is 13.9. The van der Waals surface area contributed by atoms with Gasteiger partial charge in [-0.3, -0.25) is 19.2 Å². The second kappa shape index (κ2) is 11.0. The van der Waals surface area contributed by atoms with Crippen LogP contribution in [0, 0.1) is 29.1 Å². The fraction of sp³-hybridized carbons (Fsp3) is 0.833. The van der Waals surface area contributed by atoms with Crippen LogP contribution in [0.3, 0.4) is 0 Å². The number of ketones is 1. The average Bonchev–Trinajstić information content (AvgIpc) is 3.31. The minimum absolute atomic E-state index is 0.178. The van der Waals surface area contributed by atoms with E-state index in [0.29, 0.717) is 43.6 Å². The molecule has 6 rings (SSSR count). The molecule has 4 bridgehead atoms. The SMILES string of the molecule is CC(C)(C)[C@H](NC(=O)NC12CC3CC(CC(C3)C1)C2)C(=O)N1CCCC1C(=O)NC(CC1CCC1)C(=O)C(N)=O. The van der Waals surface area contributed by atoms with Gasteiger partial charge in [-0.25, -0.2) is 4.79 Å². The van der Waals surface area contributed by atoms with E-state index in [1.807, 2.05) is 20.8 Å². The van der Waals surface area contributed by atoms with E-state index in [2.05, 4.69) is 16.0 Å². The molecule has 5 N–H and O–H groups in total. The van der Waals surface area contributed by atoms with Gasteiger partial charge in [0.1, 0.15) is 12.1 Å². The van der Waals surface area contributed by atoms with Crippen LogP contribution in [0.4, 0.5) is 4.79 Å². The van der Waals surface area contributed by atoms with Gasteiger partial charge in [-0.05, 0) is 86.9 Å². The number of likely N-dealkylation sites (tertiary alicyclic amines) is 1. The Balaban J connectivity index is 1.25. The standard InChI is InChI=1S/C30H47N5O5/c1-29(2,3)24(33-28(40)34-30-14-18-10-19(15-30)12-20(11-18)16-30)27(39)35-9-5-8-22(35)26(38)32-21(23(36)25(31)37)13-17-6-4-7-17/h17-22,24H,4-16H2,1-3H3,(H2,31,37)(H,32,38)(H2,33,34,40)/t18?,19?,20?,21?,22?,24-,30?/m1/s1. The second-order valence-corrected chi connectivity index (χ2v) is 14.6. The van der Waals surface area contributed by atoms with Gasteiger partial charge in [0, 0.05) is 12.1 Å². The van der Waals surface area contributed by atoms with Crippen LogP contribution in [0.15, 0.2) is 0 Å². The van der Waals surface area contributed by atoms with E-state index in [4.69, 9.17) is 5.73 Å². The number of urea groups is 1. The largest absolute Gasteiger partial charge is 0.363 e. The number of carbonyl (C=O) groups excluding carboxylic acids is 5. The van der Waals surface area contributed by atoms with Gasteiger partial charge in [-0.15, -0.1) is 0 Å². The van der Waals surface area contributed by atoms with Crippen molar-refractivity contribution in [3.63, 3.8) is 0 Å². The van der Waals surface area contributed by atoms with Gasteiger partial charge in [0.25, 0.3) is 5.91 Å². The highest BCUT2D eigenvalue weighted by Gasteiger charge is 2.52. The first-order chi connectivity index (χ1) is 18.8. The molecule has 0 aromatic rings. The minimum Gasteiger partial charge on any atom is -0.363 e. The Kier molecular flexibility index (Phi) is 7.92. The Labute approximate surface area is 237 Å². The highest BCUT2D eigenvalue weighted by atomic mass is 16.2. The normalized spacial score (nSPS) is 32.6. The number of nitrogens with two attached hydrogens (primary N) is 1. The Morgan fingerprint density at radius 1 is 0.900 bits per heavy atom. The lowest BCUT2D eigenvalue weighted by Crippen LogP contribution is -2.65. The first-order valence-electron chi connectivity index (χ1n) is 15.4. The molecule has 1 aliphatic heterocycles. The molecule has 0 spiro atoms. The summed E-state index contributed by atoms with van der Waals surface area (Å²) in [6.07, 6.45) is 11.3. The van der Waals surface area contributed by atoms with E-state index in [9.17, 15) is 24.0 Å². The summed E-state index contributed by atoms with van der Waals surface area (Å²) in [5.41, 5.74) is 4.50. The molecule has 1 saturated heterocycles. The van der Waals surface area contributed by atoms with Gasteiger partial charge >= 0.3 is 6.03 Å². The van der Waals surface area contributed by atoms with Crippen molar-refractivity contribution in [1.82, 2.24) is 20.9 Å². The van der Waals surface area contributed by atoms with Crippen molar-refractivity contribution in [3.05, 3.63) is 0 Å². The van der Waals surface area contributed by atoms with E-state index in [1.54, 1.807) is 0 Å². The number of nitrogens with one attached hydrogen (secondary N) is 3. The third kappa shape index (κ3) is 6.00. The monoisotopic (exact) mass is 557 g/mol. The van der Waals surface area contributed by atoms with Crippen molar-refractivity contribution < 1.29 is 24.0 Å². The zero-order valence-corrected chi connectivity index (χ0v) is 24.3. The Morgan fingerprint density at radius 3 is 2.00 bits per heavy atom. The third-order valence-corrected chi connectivity index (χ3v) is 10.3. The molecule has 222 valence electrons. The molecule has 5 saturated carbocycles. The highest BCUT2D eigenvalue weighted by Crippen LogP contribution is 2.55. The van der Waals surface area contributed by atoms with Gasteiger partial charge < -0.3 is 26.6 Å². The molecular weight excluding hydrogens is 510 g/mol. The van der Waals surface area contributed by atoms with Crippen LogP contribution in [-0.2, 0) is 19.2 Å². The summed E-state index contributed by atoms with van der Waals surface area (Å²) >= 11 is 0. The molecule has 6 aliphatic rings. The summed E-state index contributed by atoms with van der Waals surface area (Å²) in [7, 11) is 0. The highest BCUT2D eigenvalue weighted by molar-refractivity contribution is 6.37. The molecule has 5 aliphatic carbocycles. The molecule has 40 heavy (non-hydrogen) atoms. The van der Waals surface area contributed by atoms with Crippen molar-refractivity contribution in [2.24, 2.45) is 34.8 Å². The van der Waals surface area contributed by atoms with E-state index in [-0.39, 0.29) is 23.4 Å². The molecule has 5 amide bonds. The summed E-state index contributed by atoms with van der Waals surface area (Å²) in [6, 6.07) is -2.89. The summed E-state index contributed by atoms with van der Waals surface area (Å²) < 4.78 is 0. The average molecular weight is 558 g/mol. The van der Waals surface area contributed by atoms with Crippen molar-refractivity contribution in [2.45, 2.75) is 121 Å². The van der Waals surface area contributed by atoms with Gasteiger partial charge in [-0.2, -0.15) is 0 Å². The predicted octanol–water partition coefficient (Wildman–Crippen LogP) is 2.39. The Hall–Kier alpha value is -2.65. The van der Waals surface area contributed by atoms with Gasteiger partial charge in [0.15, 0.2) is 0 Å². The molecular formula is C30H47N5O5. The topological polar surface area (TPSA) is 151 Å². The van der Waals surface area contributed by atoms with Crippen molar-refractivity contribution in [1.29, 1.82) is 0 Å². The van der Waals surface area contributed by atoms with Gasteiger partial charge in [0.2, 0.25) is 17.6 Å². The number of nitrogens with zero attached hydrogens (tertiary/aromatic N) is 1. The number of rotatable bonds is 9. The lowest BCUT2D eigenvalue weighted by Gasteiger charge is -2.56. The van der Waals surface area contributed by atoms with Crippen LogP contribution in [-0.4, -0.2) is 64.6 Å². The minimum atomic E-state index is -1.06. The predicted molar refractivity (Wildman–Crippen MR) is 149 cm³/mol. The number of amides is 5. The third-order valence-electron chi connectivity index (χ3n) is 10.3. The summed E-state index contributed by atoms with van der Waals surface area (Å²) in [6.45, 7) is 6.11. The fourth-order valence-corrected chi connectivity index (χ4v) is 8.52. The first-order valence-corrected chi connectivity index (χ1v) is 15.4. The maximum Gasteiger partial charge on any atom is 0.315 e. The molecule has 10 nitrogen and oxygen atoms in total. The zero-order chi connectivity index (χ0) is 28.8. The number of primary amides is 1. The molecule has 3 atom stereocenters. The number of hydrogen-bond donors (Lipinski definition) is 4. The number of hydrogen-bond acceptors (Lipinski definition) is 5. The molecule has 2 unspecified atom stereocenters. The van der Waals surface area contributed by atoms with Crippen LogP contribution < -0.4 is 21.7 Å². The fourth-order valence-electron chi connectivity index (χ4n) is 8.52. The summed E-state index contributed by atoms with van der Waals surface area (Å²) in [5.74, 6) is -0.285. The van der Waals surface area contributed by atoms with E-state index in [0.717, 1.165) is 38.5 Å². The van der Waals surface area contributed by atoms with Crippen LogP contribution in [0.1, 0.15) is 97.8 Å². The smallest absolute Gasteiger partial charge is 0.315 e. The van der Waals surface area contributed by atoms with E-state index in [1.165, 1.54) is 24.2 Å². The van der Waals surface area contributed by atoms with Crippen LogP contribution in [0.2, 0.25) is 0 Å².